The Labute approximate surface area is 117 Å². The summed E-state index contributed by atoms with van der Waals surface area (Å²) in [7, 11) is 1.68. The van der Waals surface area contributed by atoms with Gasteiger partial charge in [0, 0.05) is 26.3 Å². The van der Waals surface area contributed by atoms with Crippen molar-refractivity contribution in [3.63, 3.8) is 0 Å². The normalized spacial score (nSPS) is 15.4. The van der Waals surface area contributed by atoms with E-state index in [4.69, 9.17) is 10.00 Å². The van der Waals surface area contributed by atoms with Gasteiger partial charge in [-0.25, -0.2) is 0 Å². The molecule has 0 unspecified atom stereocenters. The third kappa shape index (κ3) is 3.25. The van der Waals surface area contributed by atoms with Gasteiger partial charge in [-0.3, -0.25) is 10.1 Å². The van der Waals surface area contributed by atoms with Crippen LogP contribution in [0.1, 0.15) is 24.8 Å². The third-order valence-electron chi connectivity index (χ3n) is 3.77. The third-order valence-corrected chi connectivity index (χ3v) is 3.77. The second-order valence-corrected chi connectivity index (χ2v) is 5.20. The van der Waals surface area contributed by atoms with Crippen molar-refractivity contribution in [2.75, 3.05) is 25.6 Å². The Hall–Kier alpha value is -2.13. The summed E-state index contributed by atoms with van der Waals surface area (Å²) in [6, 6.07) is 6.40. The fraction of sp³-hybridized carbons (Fsp3) is 0.500. The second-order valence-electron chi connectivity index (χ2n) is 5.20. The standard InChI is InChI=1S/C14H17N3O3/c1-20-7-6-14(4-5-14)10-16-12-3-2-11(9-15)8-13(12)17(18)19/h2-3,8,16H,4-7,10H2,1H3. The molecule has 0 radical (unpaired) electrons. The number of anilines is 1. The van der Waals surface area contributed by atoms with E-state index in [0.29, 0.717) is 24.4 Å². The van der Waals surface area contributed by atoms with E-state index in [-0.39, 0.29) is 11.1 Å². The smallest absolute Gasteiger partial charge is 0.293 e. The number of hydrogen-bond donors (Lipinski definition) is 1. The first-order chi connectivity index (χ1) is 9.60. The number of methoxy groups -OCH3 is 1. The number of nitro benzene ring substituents is 1. The van der Waals surface area contributed by atoms with Crippen molar-refractivity contribution in [1.29, 1.82) is 5.26 Å². The molecule has 1 aliphatic carbocycles. The lowest BCUT2D eigenvalue weighted by molar-refractivity contribution is -0.384. The zero-order valence-corrected chi connectivity index (χ0v) is 11.4. The fourth-order valence-corrected chi connectivity index (χ4v) is 2.19. The minimum absolute atomic E-state index is 0.0495. The van der Waals surface area contributed by atoms with E-state index in [1.54, 1.807) is 19.2 Å². The molecular formula is C14H17N3O3. The van der Waals surface area contributed by atoms with Crippen molar-refractivity contribution in [2.45, 2.75) is 19.3 Å². The number of nitro groups is 1. The number of nitrogens with zero attached hydrogens (tertiary/aromatic N) is 2. The Morgan fingerprint density at radius 1 is 1.55 bits per heavy atom. The molecule has 0 bridgehead atoms. The minimum atomic E-state index is -0.460. The summed E-state index contributed by atoms with van der Waals surface area (Å²) in [6.45, 7) is 1.40. The van der Waals surface area contributed by atoms with Crippen LogP contribution in [0.5, 0.6) is 0 Å². The van der Waals surface area contributed by atoms with Crippen LogP contribution in [0.25, 0.3) is 0 Å². The van der Waals surface area contributed by atoms with E-state index in [9.17, 15) is 10.1 Å². The number of rotatable bonds is 7. The minimum Gasteiger partial charge on any atom is -0.385 e. The zero-order chi connectivity index (χ0) is 14.6. The van der Waals surface area contributed by atoms with Gasteiger partial charge in [0.25, 0.3) is 5.69 Å². The second kappa shape index (κ2) is 5.88. The van der Waals surface area contributed by atoms with Gasteiger partial charge in [0.15, 0.2) is 0 Å². The van der Waals surface area contributed by atoms with Crippen LogP contribution in [-0.4, -0.2) is 25.2 Å². The molecule has 6 nitrogen and oxygen atoms in total. The van der Waals surface area contributed by atoms with Crippen molar-refractivity contribution in [2.24, 2.45) is 5.41 Å². The maximum Gasteiger partial charge on any atom is 0.293 e. The Balaban J connectivity index is 2.06. The van der Waals surface area contributed by atoms with E-state index in [1.165, 1.54) is 6.07 Å². The molecule has 0 amide bonds. The molecule has 0 aromatic heterocycles. The maximum atomic E-state index is 11.0. The van der Waals surface area contributed by atoms with Gasteiger partial charge in [0.2, 0.25) is 0 Å². The maximum absolute atomic E-state index is 11.0. The number of nitriles is 1. The van der Waals surface area contributed by atoms with Crippen LogP contribution in [0.4, 0.5) is 11.4 Å². The molecule has 0 atom stereocenters. The van der Waals surface area contributed by atoms with Gasteiger partial charge in [-0.1, -0.05) is 0 Å². The summed E-state index contributed by atoms with van der Waals surface area (Å²) in [5.74, 6) is 0. The van der Waals surface area contributed by atoms with Crippen LogP contribution >= 0.6 is 0 Å². The molecule has 1 aromatic rings. The molecule has 1 N–H and O–H groups in total. The molecule has 6 heteroatoms. The van der Waals surface area contributed by atoms with Crippen molar-refractivity contribution < 1.29 is 9.66 Å². The molecular weight excluding hydrogens is 258 g/mol. The van der Waals surface area contributed by atoms with Gasteiger partial charge in [0.1, 0.15) is 5.69 Å². The summed E-state index contributed by atoms with van der Waals surface area (Å²) in [6.07, 6.45) is 3.20. The predicted molar refractivity (Wildman–Crippen MR) is 74.5 cm³/mol. The van der Waals surface area contributed by atoms with Crippen molar-refractivity contribution in [1.82, 2.24) is 0 Å². The lowest BCUT2D eigenvalue weighted by Crippen LogP contribution is -2.17. The number of hydrogen-bond acceptors (Lipinski definition) is 5. The Morgan fingerprint density at radius 2 is 2.30 bits per heavy atom. The lowest BCUT2D eigenvalue weighted by atomic mass is 10.0. The fourth-order valence-electron chi connectivity index (χ4n) is 2.19. The average Bonchev–Trinajstić information content (AvgIpc) is 3.23. The first-order valence-corrected chi connectivity index (χ1v) is 6.52. The highest BCUT2D eigenvalue weighted by molar-refractivity contribution is 5.64. The summed E-state index contributed by atoms with van der Waals surface area (Å²) in [5, 5.41) is 23.0. The highest BCUT2D eigenvalue weighted by atomic mass is 16.6. The molecule has 0 spiro atoms. The molecule has 1 saturated carbocycles. The van der Waals surface area contributed by atoms with Gasteiger partial charge < -0.3 is 10.1 Å². The largest absolute Gasteiger partial charge is 0.385 e. The molecule has 1 fully saturated rings. The molecule has 2 rings (SSSR count). The molecule has 0 aliphatic heterocycles. The molecule has 1 aliphatic rings. The molecule has 0 heterocycles. The van der Waals surface area contributed by atoms with Crippen LogP contribution in [0.15, 0.2) is 18.2 Å². The first kappa shape index (κ1) is 14.3. The highest BCUT2D eigenvalue weighted by Crippen LogP contribution is 2.49. The quantitative estimate of drug-likeness (QED) is 0.610. The Bertz CT molecular complexity index is 547. The van der Waals surface area contributed by atoms with Crippen LogP contribution in [0.2, 0.25) is 0 Å². The average molecular weight is 275 g/mol. The summed E-state index contributed by atoms with van der Waals surface area (Å²) < 4.78 is 5.09. The van der Waals surface area contributed by atoms with Crippen LogP contribution in [-0.2, 0) is 4.74 Å². The van der Waals surface area contributed by atoms with Crippen molar-refractivity contribution in [3.8, 4) is 6.07 Å². The molecule has 20 heavy (non-hydrogen) atoms. The molecule has 0 saturated heterocycles. The van der Waals surface area contributed by atoms with Gasteiger partial charge in [-0.15, -0.1) is 0 Å². The van der Waals surface area contributed by atoms with E-state index in [2.05, 4.69) is 5.32 Å². The molecule has 106 valence electrons. The topological polar surface area (TPSA) is 88.2 Å². The zero-order valence-electron chi connectivity index (χ0n) is 11.4. The molecule has 1 aromatic carbocycles. The van der Waals surface area contributed by atoms with Gasteiger partial charge >= 0.3 is 0 Å². The van der Waals surface area contributed by atoms with E-state index >= 15 is 0 Å². The summed E-state index contributed by atoms with van der Waals surface area (Å²) in [5.41, 5.74) is 0.921. The Kier molecular flexibility index (Phi) is 4.20. The van der Waals surface area contributed by atoms with Crippen LogP contribution < -0.4 is 5.32 Å². The van der Waals surface area contributed by atoms with Gasteiger partial charge in [-0.2, -0.15) is 5.26 Å². The highest BCUT2D eigenvalue weighted by Gasteiger charge is 2.42. The number of nitrogens with one attached hydrogen (secondary N) is 1. The van der Waals surface area contributed by atoms with Crippen LogP contribution in [0, 0.1) is 26.9 Å². The van der Waals surface area contributed by atoms with E-state index < -0.39 is 4.92 Å². The van der Waals surface area contributed by atoms with E-state index in [1.807, 2.05) is 6.07 Å². The van der Waals surface area contributed by atoms with Gasteiger partial charge in [0.05, 0.1) is 16.6 Å². The van der Waals surface area contributed by atoms with Crippen molar-refractivity contribution in [3.05, 3.63) is 33.9 Å². The SMILES string of the molecule is COCCC1(CNc2ccc(C#N)cc2[N+](=O)[O-])CC1. The summed E-state index contributed by atoms with van der Waals surface area (Å²) in [4.78, 5) is 10.6. The van der Waals surface area contributed by atoms with Crippen LogP contribution in [0.3, 0.4) is 0 Å². The monoisotopic (exact) mass is 275 g/mol. The van der Waals surface area contributed by atoms with Gasteiger partial charge in [-0.05, 0) is 36.8 Å². The summed E-state index contributed by atoms with van der Waals surface area (Å²) >= 11 is 0. The predicted octanol–water partition coefficient (Wildman–Crippen LogP) is 2.70. The first-order valence-electron chi connectivity index (χ1n) is 6.52. The van der Waals surface area contributed by atoms with Crippen molar-refractivity contribution >= 4 is 11.4 Å². The van der Waals surface area contributed by atoms with E-state index in [0.717, 1.165) is 19.3 Å². The number of benzene rings is 1. The number of ether oxygens (including phenoxy) is 1. The Morgan fingerprint density at radius 3 is 2.85 bits per heavy atom. The lowest BCUT2D eigenvalue weighted by Gasteiger charge is -2.16.